The van der Waals surface area contributed by atoms with Crippen molar-refractivity contribution in [2.75, 3.05) is 0 Å². The Kier molecular flexibility index (Phi) is 6.61. The van der Waals surface area contributed by atoms with Crippen molar-refractivity contribution < 1.29 is 9.30 Å². The van der Waals surface area contributed by atoms with E-state index in [9.17, 15) is 5.26 Å². The maximum absolute atomic E-state index is 9.66. The minimum Gasteiger partial charge on any atom is -0.455 e. The van der Waals surface area contributed by atoms with Crippen LogP contribution < -0.4 is 9.30 Å². The van der Waals surface area contributed by atoms with E-state index in [1.807, 2.05) is 13.8 Å². The number of aromatic nitrogens is 1. The number of nitriles is 1. The molecule has 6 rings (SSSR count). The van der Waals surface area contributed by atoms with Gasteiger partial charge in [0.05, 0.1) is 22.4 Å². The first-order valence-electron chi connectivity index (χ1n) is 15.3. The van der Waals surface area contributed by atoms with Gasteiger partial charge in [-0.25, -0.2) is 4.57 Å². The van der Waals surface area contributed by atoms with Crippen molar-refractivity contribution >= 4 is 32.3 Å². The molecule has 3 nitrogen and oxygen atoms in total. The third kappa shape index (κ3) is 4.82. The summed E-state index contributed by atoms with van der Waals surface area (Å²) in [6, 6.07) is 20.6. The SMILES string of the molecule is Cc1c2c(c(CC(C)(C)C)c3ccc(CC(C)C)cc13)Oc1cc3ccc(CC(C)(C)C#N)cc3c3cc[n+](C)c-2c13. The van der Waals surface area contributed by atoms with Crippen molar-refractivity contribution in [3.63, 3.8) is 0 Å². The number of hydrogen-bond donors (Lipinski definition) is 0. The van der Waals surface area contributed by atoms with Crippen molar-refractivity contribution in [2.45, 2.75) is 74.7 Å². The number of hydrogen-bond acceptors (Lipinski definition) is 2. The second-order valence-electron chi connectivity index (χ2n) is 14.8. The molecule has 0 spiro atoms. The van der Waals surface area contributed by atoms with Crippen LogP contribution in [0.5, 0.6) is 11.5 Å². The first-order valence-corrected chi connectivity index (χ1v) is 15.3. The lowest BCUT2D eigenvalue weighted by atomic mass is 9.81. The maximum atomic E-state index is 9.66. The molecule has 1 aromatic heterocycles. The Hall–Kier alpha value is -3.90. The van der Waals surface area contributed by atoms with Crippen molar-refractivity contribution in [2.24, 2.45) is 23.8 Å². The molecule has 0 bridgehead atoms. The molecular weight excluding hydrogens is 512 g/mol. The molecule has 42 heavy (non-hydrogen) atoms. The van der Waals surface area contributed by atoms with Gasteiger partial charge in [0.1, 0.15) is 18.5 Å². The fourth-order valence-corrected chi connectivity index (χ4v) is 6.89. The molecule has 4 aromatic carbocycles. The molecule has 0 N–H and O–H groups in total. The number of ether oxygens (including phenoxy) is 1. The van der Waals surface area contributed by atoms with Gasteiger partial charge >= 0.3 is 0 Å². The van der Waals surface area contributed by atoms with Gasteiger partial charge in [-0.2, -0.15) is 5.26 Å². The zero-order valence-electron chi connectivity index (χ0n) is 26.7. The maximum Gasteiger partial charge on any atom is 0.228 e. The summed E-state index contributed by atoms with van der Waals surface area (Å²) in [7, 11) is 2.16. The van der Waals surface area contributed by atoms with Crippen LogP contribution in [0.3, 0.4) is 0 Å². The monoisotopic (exact) mass is 555 g/mol. The van der Waals surface area contributed by atoms with Gasteiger partial charge in [0.2, 0.25) is 5.69 Å². The minimum absolute atomic E-state index is 0.0986. The number of rotatable bonds is 5. The fourth-order valence-electron chi connectivity index (χ4n) is 6.89. The average Bonchev–Trinajstić information content (AvgIpc) is 2.91. The zero-order valence-corrected chi connectivity index (χ0v) is 26.7. The second kappa shape index (κ2) is 9.84. The highest BCUT2D eigenvalue weighted by atomic mass is 16.5. The van der Waals surface area contributed by atoms with Crippen LogP contribution in [0.1, 0.15) is 70.7 Å². The minimum atomic E-state index is -0.412. The number of nitrogens with zero attached hydrogens (tertiary/aromatic N) is 2. The van der Waals surface area contributed by atoms with Crippen LogP contribution in [0.4, 0.5) is 0 Å². The predicted molar refractivity (Wildman–Crippen MR) is 175 cm³/mol. The molecule has 2 heterocycles. The van der Waals surface area contributed by atoms with E-state index in [2.05, 4.69) is 114 Å². The molecular formula is C39H43N2O+. The third-order valence-electron chi connectivity index (χ3n) is 8.70. The molecule has 0 atom stereocenters. The predicted octanol–water partition coefficient (Wildman–Crippen LogP) is 9.93. The third-order valence-corrected chi connectivity index (χ3v) is 8.70. The van der Waals surface area contributed by atoms with Crippen molar-refractivity contribution in [3.05, 3.63) is 77.0 Å². The molecule has 0 aliphatic carbocycles. The number of pyridine rings is 1. The smallest absolute Gasteiger partial charge is 0.228 e. The van der Waals surface area contributed by atoms with Crippen LogP contribution in [0.15, 0.2) is 54.7 Å². The van der Waals surface area contributed by atoms with E-state index in [4.69, 9.17) is 4.74 Å². The second-order valence-corrected chi connectivity index (χ2v) is 14.8. The van der Waals surface area contributed by atoms with E-state index in [1.165, 1.54) is 60.4 Å². The van der Waals surface area contributed by atoms with Gasteiger partial charge in [-0.3, -0.25) is 0 Å². The summed E-state index contributed by atoms with van der Waals surface area (Å²) in [5, 5.41) is 17.0. The highest BCUT2D eigenvalue weighted by Gasteiger charge is 2.34. The standard InChI is InChI=1S/C39H43N2O/c1-23(2)16-25-11-13-28-30(17-25)24(3)34-36-35-29(14-15-41(36)9)31-18-26(20-39(7,8)22-40)10-12-27(31)19-33(35)42-37(34)32(28)21-38(4,5)6/h10-15,17-19,23H,16,20-21H2,1-9H3/q+1. The first-order chi connectivity index (χ1) is 19.8. The van der Waals surface area contributed by atoms with Crippen LogP contribution in [0, 0.1) is 35.0 Å². The largest absolute Gasteiger partial charge is 0.455 e. The van der Waals surface area contributed by atoms with Crippen molar-refractivity contribution in [1.29, 1.82) is 5.26 Å². The Morgan fingerprint density at radius 2 is 1.57 bits per heavy atom. The molecule has 1 aliphatic rings. The lowest BCUT2D eigenvalue weighted by molar-refractivity contribution is -0.659. The van der Waals surface area contributed by atoms with Gasteiger partial charge in [0, 0.05) is 17.0 Å². The molecule has 3 heteroatoms. The van der Waals surface area contributed by atoms with E-state index in [1.54, 1.807) is 0 Å². The van der Waals surface area contributed by atoms with Crippen molar-refractivity contribution in [3.8, 4) is 28.8 Å². The number of aryl methyl sites for hydroxylation is 2. The summed E-state index contributed by atoms with van der Waals surface area (Å²) >= 11 is 0. The summed E-state index contributed by atoms with van der Waals surface area (Å²) in [5.41, 5.74) is 7.27. The van der Waals surface area contributed by atoms with Gasteiger partial charge in [0.25, 0.3) is 0 Å². The molecule has 0 saturated carbocycles. The van der Waals surface area contributed by atoms with Crippen molar-refractivity contribution in [1.82, 2.24) is 0 Å². The molecule has 5 aromatic rings. The summed E-state index contributed by atoms with van der Waals surface area (Å²) < 4.78 is 9.32. The van der Waals surface area contributed by atoms with Gasteiger partial charge in [-0.1, -0.05) is 71.0 Å². The molecule has 0 fully saturated rings. The molecule has 214 valence electrons. The highest BCUT2D eigenvalue weighted by molar-refractivity contribution is 6.16. The summed E-state index contributed by atoms with van der Waals surface area (Å²) in [4.78, 5) is 0. The molecule has 1 aliphatic heterocycles. The Morgan fingerprint density at radius 1 is 0.857 bits per heavy atom. The van der Waals surface area contributed by atoms with E-state index < -0.39 is 5.41 Å². The van der Waals surface area contributed by atoms with E-state index in [0.717, 1.165) is 36.1 Å². The van der Waals surface area contributed by atoms with Crippen LogP contribution in [0.25, 0.3) is 43.6 Å². The van der Waals surface area contributed by atoms with Crippen LogP contribution >= 0.6 is 0 Å². The summed E-state index contributed by atoms with van der Waals surface area (Å²) in [6.07, 6.45) is 4.91. The zero-order chi connectivity index (χ0) is 30.1. The van der Waals surface area contributed by atoms with Crippen LogP contribution in [-0.2, 0) is 26.3 Å². The van der Waals surface area contributed by atoms with Gasteiger partial charge in [-0.05, 0) is 95.7 Å². The van der Waals surface area contributed by atoms with Crippen LogP contribution in [-0.4, -0.2) is 0 Å². The Bertz CT molecular complexity index is 1950. The molecule has 0 amide bonds. The molecule has 0 unspecified atom stereocenters. The summed E-state index contributed by atoms with van der Waals surface area (Å²) in [6.45, 7) is 17.8. The fraction of sp³-hybridized carbons (Fsp3) is 0.385. The molecule has 0 saturated heterocycles. The lowest BCUT2D eigenvalue weighted by Gasteiger charge is -2.28. The Balaban J connectivity index is 1.69. The first kappa shape index (κ1) is 28.2. The lowest BCUT2D eigenvalue weighted by Crippen LogP contribution is -2.32. The van der Waals surface area contributed by atoms with E-state index >= 15 is 0 Å². The average molecular weight is 556 g/mol. The van der Waals surface area contributed by atoms with Gasteiger partial charge < -0.3 is 4.74 Å². The van der Waals surface area contributed by atoms with Gasteiger partial charge in [0.15, 0.2) is 6.20 Å². The normalized spacial score (nSPS) is 13.1. The quantitative estimate of drug-likeness (QED) is 0.157. The molecule has 0 radical (unpaired) electrons. The summed E-state index contributed by atoms with van der Waals surface area (Å²) in [5.74, 6) is 2.54. The Morgan fingerprint density at radius 3 is 2.26 bits per heavy atom. The van der Waals surface area contributed by atoms with Gasteiger partial charge in [-0.15, -0.1) is 0 Å². The van der Waals surface area contributed by atoms with Crippen LogP contribution in [0.2, 0.25) is 0 Å². The van der Waals surface area contributed by atoms with E-state index in [-0.39, 0.29) is 5.41 Å². The number of benzene rings is 4. The topological polar surface area (TPSA) is 36.9 Å². The highest BCUT2D eigenvalue weighted by Crippen LogP contribution is 2.53. The Labute approximate surface area is 250 Å². The van der Waals surface area contributed by atoms with E-state index in [0.29, 0.717) is 5.92 Å². The number of fused-ring (bicyclic) bond motifs is 5.